The second kappa shape index (κ2) is 8.71. The fraction of sp³-hybridized carbons (Fsp3) is 0.280. The van der Waals surface area contributed by atoms with E-state index in [9.17, 15) is 9.59 Å². The molecule has 0 saturated carbocycles. The summed E-state index contributed by atoms with van der Waals surface area (Å²) in [5, 5.41) is 0. The van der Waals surface area contributed by atoms with Crippen LogP contribution in [0.3, 0.4) is 0 Å². The molecular weight excluding hydrogens is 454 g/mol. The summed E-state index contributed by atoms with van der Waals surface area (Å²) in [4.78, 5) is 29.0. The molecule has 31 heavy (non-hydrogen) atoms. The molecule has 1 amide bonds. The van der Waals surface area contributed by atoms with Crippen molar-refractivity contribution >= 4 is 33.3 Å². The normalized spacial score (nSPS) is 14.1. The number of piperazine rings is 1. The van der Waals surface area contributed by atoms with Gasteiger partial charge in [0.15, 0.2) is 5.78 Å². The maximum absolute atomic E-state index is 13.3. The quantitative estimate of drug-likeness (QED) is 0.493. The van der Waals surface area contributed by atoms with E-state index < -0.39 is 0 Å². The lowest BCUT2D eigenvalue weighted by molar-refractivity contribution is 0.0746. The summed E-state index contributed by atoms with van der Waals surface area (Å²) < 4.78 is 3.16. The van der Waals surface area contributed by atoms with Gasteiger partial charge in [0.05, 0.1) is 5.56 Å². The standard InChI is InChI=1S/C25H26BrN3O2/c1-17-16-24(18(2)29(17)23-10-6-21(26)7-11-23)25(31)28-14-12-27(13-15-28)22-8-4-20(5-9-22)19(3)30/h4-11,16H,12-15H2,1-3H3. The molecule has 1 saturated heterocycles. The number of aromatic nitrogens is 1. The summed E-state index contributed by atoms with van der Waals surface area (Å²) >= 11 is 3.48. The molecule has 1 aliphatic rings. The lowest BCUT2D eigenvalue weighted by Crippen LogP contribution is -2.48. The number of aryl methyl sites for hydroxylation is 1. The Morgan fingerprint density at radius 2 is 1.42 bits per heavy atom. The van der Waals surface area contributed by atoms with E-state index in [-0.39, 0.29) is 11.7 Å². The van der Waals surface area contributed by atoms with E-state index >= 15 is 0 Å². The highest BCUT2D eigenvalue weighted by Gasteiger charge is 2.25. The average molecular weight is 480 g/mol. The molecule has 6 heteroatoms. The Morgan fingerprint density at radius 1 is 0.839 bits per heavy atom. The van der Waals surface area contributed by atoms with Crippen LogP contribution < -0.4 is 4.90 Å². The largest absolute Gasteiger partial charge is 0.368 e. The molecule has 2 aromatic carbocycles. The predicted octanol–water partition coefficient (Wildman–Crippen LogP) is 5.02. The van der Waals surface area contributed by atoms with Gasteiger partial charge in [0.2, 0.25) is 0 Å². The number of carbonyl (C=O) groups excluding carboxylic acids is 2. The molecule has 0 unspecified atom stereocenters. The molecule has 0 bridgehead atoms. The summed E-state index contributed by atoms with van der Waals surface area (Å²) in [6.07, 6.45) is 0. The fourth-order valence-electron chi connectivity index (χ4n) is 4.21. The van der Waals surface area contributed by atoms with Crippen molar-refractivity contribution in [1.82, 2.24) is 9.47 Å². The van der Waals surface area contributed by atoms with Crippen LogP contribution in [0.25, 0.3) is 5.69 Å². The van der Waals surface area contributed by atoms with Gasteiger partial charge in [-0.3, -0.25) is 9.59 Å². The monoisotopic (exact) mass is 479 g/mol. The average Bonchev–Trinajstić information content (AvgIpc) is 3.08. The first-order valence-corrected chi connectivity index (χ1v) is 11.2. The number of carbonyl (C=O) groups is 2. The number of hydrogen-bond acceptors (Lipinski definition) is 3. The van der Waals surface area contributed by atoms with Crippen molar-refractivity contribution in [3.63, 3.8) is 0 Å². The van der Waals surface area contributed by atoms with E-state index in [1.54, 1.807) is 6.92 Å². The minimum absolute atomic E-state index is 0.0719. The van der Waals surface area contributed by atoms with Crippen LogP contribution in [0.1, 0.15) is 39.0 Å². The number of benzene rings is 2. The van der Waals surface area contributed by atoms with E-state index in [0.717, 1.165) is 51.5 Å². The number of anilines is 1. The van der Waals surface area contributed by atoms with Gasteiger partial charge in [-0.2, -0.15) is 0 Å². The number of nitrogens with zero attached hydrogens (tertiary/aromatic N) is 3. The van der Waals surface area contributed by atoms with Gasteiger partial charge in [0.25, 0.3) is 5.91 Å². The molecule has 0 atom stereocenters. The van der Waals surface area contributed by atoms with Crippen LogP contribution in [0.4, 0.5) is 5.69 Å². The molecular formula is C25H26BrN3O2. The Balaban J connectivity index is 1.47. The second-order valence-corrected chi connectivity index (χ2v) is 8.89. The summed E-state index contributed by atoms with van der Waals surface area (Å²) in [5.41, 5.74) is 5.64. The highest BCUT2D eigenvalue weighted by molar-refractivity contribution is 9.10. The number of Topliss-reactive ketones (excluding diaryl/α,β-unsaturated/α-hetero) is 1. The van der Waals surface area contributed by atoms with Gasteiger partial charge < -0.3 is 14.4 Å². The Hall–Kier alpha value is -2.86. The Labute approximate surface area is 191 Å². The van der Waals surface area contributed by atoms with Crippen LogP contribution in [0.15, 0.2) is 59.1 Å². The van der Waals surface area contributed by atoms with Crippen molar-refractivity contribution in [3.05, 3.63) is 81.6 Å². The van der Waals surface area contributed by atoms with Crippen LogP contribution in [-0.2, 0) is 0 Å². The van der Waals surface area contributed by atoms with Gasteiger partial charge in [0.1, 0.15) is 0 Å². The summed E-state index contributed by atoms with van der Waals surface area (Å²) in [6.45, 7) is 8.52. The van der Waals surface area contributed by atoms with Crippen molar-refractivity contribution in [1.29, 1.82) is 0 Å². The smallest absolute Gasteiger partial charge is 0.255 e. The van der Waals surface area contributed by atoms with Crippen LogP contribution in [0, 0.1) is 13.8 Å². The van der Waals surface area contributed by atoms with Gasteiger partial charge >= 0.3 is 0 Å². The van der Waals surface area contributed by atoms with Crippen LogP contribution in [0.2, 0.25) is 0 Å². The molecule has 2 heterocycles. The maximum Gasteiger partial charge on any atom is 0.255 e. The predicted molar refractivity (Wildman–Crippen MR) is 128 cm³/mol. The van der Waals surface area contributed by atoms with E-state index in [2.05, 4.69) is 37.5 Å². The van der Waals surface area contributed by atoms with Crippen molar-refractivity contribution in [3.8, 4) is 5.69 Å². The fourth-order valence-corrected chi connectivity index (χ4v) is 4.48. The van der Waals surface area contributed by atoms with Crippen molar-refractivity contribution in [2.45, 2.75) is 20.8 Å². The zero-order chi connectivity index (χ0) is 22.1. The third-order valence-electron chi connectivity index (χ3n) is 5.95. The first kappa shape index (κ1) is 21.4. The Morgan fingerprint density at radius 3 is 2.00 bits per heavy atom. The third-order valence-corrected chi connectivity index (χ3v) is 6.48. The summed E-state index contributed by atoms with van der Waals surface area (Å²) in [5.74, 6) is 0.158. The molecule has 0 spiro atoms. The van der Waals surface area contributed by atoms with E-state index in [4.69, 9.17) is 0 Å². The molecule has 3 aromatic rings. The first-order valence-electron chi connectivity index (χ1n) is 10.5. The van der Waals surface area contributed by atoms with Crippen LogP contribution in [0.5, 0.6) is 0 Å². The van der Waals surface area contributed by atoms with Gasteiger partial charge in [-0.05, 0) is 75.4 Å². The van der Waals surface area contributed by atoms with E-state index in [1.165, 1.54) is 0 Å². The molecule has 1 aliphatic heterocycles. The van der Waals surface area contributed by atoms with Crippen LogP contribution >= 0.6 is 15.9 Å². The van der Waals surface area contributed by atoms with E-state index in [0.29, 0.717) is 13.1 Å². The lowest BCUT2D eigenvalue weighted by Gasteiger charge is -2.36. The summed E-state index contributed by atoms with van der Waals surface area (Å²) in [7, 11) is 0. The molecule has 0 aliphatic carbocycles. The SMILES string of the molecule is CC(=O)c1ccc(N2CCN(C(=O)c3cc(C)n(-c4ccc(Br)cc4)c3C)CC2)cc1. The molecule has 0 N–H and O–H groups in total. The van der Waals surface area contributed by atoms with Crippen molar-refractivity contribution < 1.29 is 9.59 Å². The lowest BCUT2D eigenvalue weighted by atomic mass is 10.1. The highest BCUT2D eigenvalue weighted by atomic mass is 79.9. The second-order valence-electron chi connectivity index (χ2n) is 7.98. The number of ketones is 1. The number of amides is 1. The Kier molecular flexibility index (Phi) is 6.01. The molecule has 160 valence electrons. The topological polar surface area (TPSA) is 45.6 Å². The number of halogens is 1. The van der Waals surface area contributed by atoms with Gasteiger partial charge in [-0.15, -0.1) is 0 Å². The maximum atomic E-state index is 13.3. The zero-order valence-corrected chi connectivity index (χ0v) is 19.6. The highest BCUT2D eigenvalue weighted by Crippen LogP contribution is 2.24. The van der Waals surface area contributed by atoms with Crippen LogP contribution in [-0.4, -0.2) is 47.3 Å². The zero-order valence-electron chi connectivity index (χ0n) is 18.1. The van der Waals surface area contributed by atoms with Gasteiger partial charge in [-0.1, -0.05) is 15.9 Å². The summed E-state index contributed by atoms with van der Waals surface area (Å²) in [6, 6.07) is 17.8. The molecule has 1 fully saturated rings. The minimum atomic E-state index is 0.0719. The minimum Gasteiger partial charge on any atom is -0.368 e. The van der Waals surface area contributed by atoms with E-state index in [1.807, 2.05) is 61.2 Å². The third kappa shape index (κ3) is 4.30. The van der Waals surface area contributed by atoms with Gasteiger partial charge in [0, 0.05) is 59.0 Å². The molecule has 5 nitrogen and oxygen atoms in total. The van der Waals surface area contributed by atoms with Crippen molar-refractivity contribution in [2.75, 3.05) is 31.1 Å². The first-order chi connectivity index (χ1) is 14.8. The van der Waals surface area contributed by atoms with Crippen molar-refractivity contribution in [2.24, 2.45) is 0 Å². The molecule has 1 aromatic heterocycles. The molecule has 0 radical (unpaired) electrons. The van der Waals surface area contributed by atoms with Gasteiger partial charge in [-0.25, -0.2) is 0 Å². The Bertz CT molecular complexity index is 1110. The molecule has 4 rings (SSSR count). The number of rotatable bonds is 4. The number of hydrogen-bond donors (Lipinski definition) is 0.